The molecule has 0 radical (unpaired) electrons. The monoisotopic (exact) mass is 310 g/mol. The van der Waals surface area contributed by atoms with E-state index in [0.29, 0.717) is 13.1 Å². The molecule has 0 saturated heterocycles. The molecule has 0 aliphatic heterocycles. The third kappa shape index (κ3) is 4.73. The van der Waals surface area contributed by atoms with E-state index in [9.17, 15) is 9.90 Å². The second-order valence-electron chi connectivity index (χ2n) is 6.66. The molecule has 2 N–H and O–H groups in total. The molecule has 0 unspecified atom stereocenters. The molecule has 0 fully saturated rings. The van der Waals surface area contributed by atoms with Gasteiger partial charge in [-0.1, -0.05) is 0 Å². The fourth-order valence-corrected chi connectivity index (χ4v) is 2.47. The van der Waals surface area contributed by atoms with Crippen molar-refractivity contribution < 1.29 is 9.90 Å². The summed E-state index contributed by atoms with van der Waals surface area (Å²) in [6, 6.07) is -0.146. The molecule has 6 nitrogen and oxygen atoms in total. The van der Waals surface area contributed by atoms with E-state index in [1.165, 1.54) is 0 Å². The molecule has 0 aromatic carbocycles. The van der Waals surface area contributed by atoms with Gasteiger partial charge in [-0.15, -0.1) is 0 Å². The molecule has 0 aliphatic carbocycles. The van der Waals surface area contributed by atoms with E-state index in [4.69, 9.17) is 0 Å². The van der Waals surface area contributed by atoms with Gasteiger partial charge in [-0.05, 0) is 48.5 Å². The maximum atomic E-state index is 12.4. The fourth-order valence-electron chi connectivity index (χ4n) is 2.47. The minimum Gasteiger partial charge on any atom is -0.389 e. The lowest BCUT2D eigenvalue weighted by Crippen LogP contribution is -2.49. The van der Waals surface area contributed by atoms with Crippen LogP contribution in [-0.4, -0.2) is 44.0 Å². The Labute approximate surface area is 133 Å². The van der Waals surface area contributed by atoms with E-state index < -0.39 is 5.60 Å². The maximum Gasteiger partial charge on any atom is 0.317 e. The highest BCUT2D eigenvalue weighted by atomic mass is 16.3. The highest BCUT2D eigenvalue weighted by Gasteiger charge is 2.24. The summed E-state index contributed by atoms with van der Waals surface area (Å²) >= 11 is 0. The number of carbonyl (C=O) groups excluding carboxylic acids is 1. The summed E-state index contributed by atoms with van der Waals surface area (Å²) in [7, 11) is 0. The number of aliphatic hydroxyl groups is 1. The van der Waals surface area contributed by atoms with Crippen LogP contribution in [0.5, 0.6) is 0 Å². The highest BCUT2D eigenvalue weighted by Crippen LogP contribution is 2.14. The number of nitrogens with one attached hydrogen (secondary N) is 1. The van der Waals surface area contributed by atoms with Gasteiger partial charge in [-0.3, -0.25) is 4.68 Å². The second-order valence-corrected chi connectivity index (χ2v) is 6.66. The highest BCUT2D eigenvalue weighted by molar-refractivity contribution is 5.74. The van der Waals surface area contributed by atoms with Crippen LogP contribution in [0.2, 0.25) is 0 Å². The number of nitrogens with zero attached hydrogens (tertiary/aromatic N) is 3. The number of hydrogen-bond acceptors (Lipinski definition) is 3. The van der Waals surface area contributed by atoms with Crippen molar-refractivity contribution in [1.82, 2.24) is 20.0 Å². The number of aromatic nitrogens is 2. The lowest BCUT2D eigenvalue weighted by molar-refractivity contribution is 0.0387. The molecule has 0 spiro atoms. The topological polar surface area (TPSA) is 70.4 Å². The zero-order valence-electron chi connectivity index (χ0n) is 14.9. The van der Waals surface area contributed by atoms with Crippen molar-refractivity contribution in [3.05, 3.63) is 17.0 Å². The van der Waals surface area contributed by atoms with Crippen molar-refractivity contribution in [2.24, 2.45) is 0 Å². The molecule has 1 rings (SSSR count). The van der Waals surface area contributed by atoms with Gasteiger partial charge < -0.3 is 15.3 Å². The van der Waals surface area contributed by atoms with Crippen LogP contribution < -0.4 is 5.32 Å². The van der Waals surface area contributed by atoms with Gasteiger partial charge in [0.1, 0.15) is 0 Å². The summed E-state index contributed by atoms with van der Waals surface area (Å²) in [6.07, 6.45) is 0. The molecule has 0 atom stereocenters. The average Bonchev–Trinajstić information content (AvgIpc) is 2.67. The van der Waals surface area contributed by atoms with Crippen LogP contribution in [-0.2, 0) is 13.1 Å². The Morgan fingerprint density at radius 1 is 1.41 bits per heavy atom. The molecule has 0 aliphatic rings. The van der Waals surface area contributed by atoms with Gasteiger partial charge in [0.25, 0.3) is 0 Å². The van der Waals surface area contributed by atoms with E-state index in [2.05, 4.69) is 10.4 Å². The largest absolute Gasteiger partial charge is 0.389 e. The molecule has 2 amide bonds. The van der Waals surface area contributed by atoms with Crippen molar-refractivity contribution in [3.8, 4) is 0 Å². The number of rotatable bonds is 6. The van der Waals surface area contributed by atoms with Crippen molar-refractivity contribution >= 4 is 6.03 Å². The number of amides is 2. The summed E-state index contributed by atoms with van der Waals surface area (Å²) in [5, 5.41) is 17.4. The fraction of sp³-hybridized carbons (Fsp3) is 0.750. The molecule has 0 bridgehead atoms. The molecule has 1 aromatic heterocycles. The Hall–Kier alpha value is -1.56. The average molecular weight is 310 g/mol. The molecular weight excluding hydrogens is 280 g/mol. The summed E-state index contributed by atoms with van der Waals surface area (Å²) in [5.74, 6) is 0. The lowest BCUT2D eigenvalue weighted by atomic mass is 10.1. The zero-order chi connectivity index (χ0) is 17.1. The van der Waals surface area contributed by atoms with Gasteiger partial charge in [-0.2, -0.15) is 5.10 Å². The quantitative estimate of drug-likeness (QED) is 0.846. The first-order chi connectivity index (χ1) is 10.1. The third-order valence-corrected chi connectivity index (χ3v) is 3.69. The van der Waals surface area contributed by atoms with Gasteiger partial charge in [0.2, 0.25) is 0 Å². The Bertz CT molecular complexity index is 515. The van der Waals surface area contributed by atoms with Crippen LogP contribution in [0.3, 0.4) is 0 Å². The predicted octanol–water partition coefficient (Wildman–Crippen LogP) is 2.21. The van der Waals surface area contributed by atoms with E-state index >= 15 is 0 Å². The van der Waals surface area contributed by atoms with Crippen molar-refractivity contribution in [2.75, 3.05) is 6.54 Å². The van der Waals surface area contributed by atoms with Crippen molar-refractivity contribution in [1.29, 1.82) is 0 Å². The minimum absolute atomic E-state index is 0.0204. The first-order valence-electron chi connectivity index (χ1n) is 7.86. The number of urea groups is 1. The van der Waals surface area contributed by atoms with Gasteiger partial charge in [0, 0.05) is 30.4 Å². The maximum absolute atomic E-state index is 12.4. The molecule has 22 heavy (non-hydrogen) atoms. The van der Waals surface area contributed by atoms with Crippen LogP contribution in [0, 0.1) is 13.8 Å². The predicted molar refractivity (Wildman–Crippen MR) is 87.8 cm³/mol. The smallest absolute Gasteiger partial charge is 0.317 e. The summed E-state index contributed by atoms with van der Waals surface area (Å²) in [6.45, 7) is 14.9. The van der Waals surface area contributed by atoms with Crippen LogP contribution in [0.4, 0.5) is 4.79 Å². The van der Waals surface area contributed by atoms with Gasteiger partial charge in [-0.25, -0.2) is 4.79 Å². The second kappa shape index (κ2) is 7.13. The van der Waals surface area contributed by atoms with E-state index in [1.54, 1.807) is 18.7 Å². The minimum atomic E-state index is -0.916. The zero-order valence-corrected chi connectivity index (χ0v) is 14.9. The molecule has 0 saturated carbocycles. The van der Waals surface area contributed by atoms with E-state index in [-0.39, 0.29) is 12.1 Å². The standard InChI is InChI=1S/C16H30N4O2/c1-8-20-13(5)14(12(4)18-20)9-17-15(21)19(11(2)3)10-16(6,7)22/h11,22H,8-10H2,1-7H3,(H,17,21). The lowest BCUT2D eigenvalue weighted by Gasteiger charge is -2.32. The van der Waals surface area contributed by atoms with Gasteiger partial charge in [0.05, 0.1) is 17.8 Å². The normalized spacial score (nSPS) is 11.9. The Morgan fingerprint density at radius 3 is 2.41 bits per heavy atom. The van der Waals surface area contributed by atoms with Gasteiger partial charge >= 0.3 is 6.03 Å². The SMILES string of the molecule is CCn1nc(C)c(CNC(=O)N(CC(C)(C)O)C(C)C)c1C. The third-order valence-electron chi connectivity index (χ3n) is 3.69. The number of carbonyl (C=O) groups is 1. The van der Waals surface area contributed by atoms with Crippen LogP contribution >= 0.6 is 0 Å². The Morgan fingerprint density at radius 2 is 2.00 bits per heavy atom. The molecular formula is C16H30N4O2. The summed E-state index contributed by atoms with van der Waals surface area (Å²) in [4.78, 5) is 14.1. The molecule has 1 aromatic rings. The first-order valence-corrected chi connectivity index (χ1v) is 7.86. The van der Waals surface area contributed by atoms with Crippen LogP contribution in [0.25, 0.3) is 0 Å². The molecule has 126 valence electrons. The van der Waals surface area contributed by atoms with E-state index in [1.807, 2.05) is 39.3 Å². The summed E-state index contributed by atoms with van der Waals surface area (Å²) < 4.78 is 1.94. The first kappa shape index (κ1) is 18.5. The van der Waals surface area contributed by atoms with E-state index in [0.717, 1.165) is 23.5 Å². The summed E-state index contributed by atoms with van der Waals surface area (Å²) in [5.41, 5.74) is 2.17. The van der Waals surface area contributed by atoms with Crippen molar-refractivity contribution in [2.45, 2.75) is 73.2 Å². The number of hydrogen-bond donors (Lipinski definition) is 2. The Kier molecular flexibility index (Phi) is 6.00. The van der Waals surface area contributed by atoms with Crippen LogP contribution in [0.15, 0.2) is 0 Å². The van der Waals surface area contributed by atoms with Crippen LogP contribution in [0.1, 0.15) is 51.6 Å². The van der Waals surface area contributed by atoms with Crippen molar-refractivity contribution in [3.63, 3.8) is 0 Å². The van der Waals surface area contributed by atoms with Gasteiger partial charge in [0.15, 0.2) is 0 Å². The molecule has 1 heterocycles. The Balaban J connectivity index is 2.77. The molecule has 6 heteroatoms. The number of aryl methyl sites for hydroxylation is 2.